The van der Waals surface area contributed by atoms with Gasteiger partial charge in [0.2, 0.25) is 0 Å². The summed E-state index contributed by atoms with van der Waals surface area (Å²) >= 11 is 3.54. The van der Waals surface area contributed by atoms with Gasteiger partial charge in [-0.3, -0.25) is 0 Å². The molecule has 0 aliphatic carbocycles. The minimum Gasteiger partial charge on any atom is -0.440 e. The maximum absolute atomic E-state index is 5.88. The second kappa shape index (κ2) is 5.91. The lowest BCUT2D eigenvalue weighted by Crippen LogP contribution is -2.36. The van der Waals surface area contributed by atoms with Gasteiger partial charge in [0, 0.05) is 21.4 Å². The SMILES string of the molecule is CC(C)(C)NCCCc1ncc(-c2cc3sccc3s2)o1. The molecular weight excluding hydrogens is 300 g/mol. The predicted octanol–water partition coefficient (Wildman–Crippen LogP) is 4.94. The van der Waals surface area contributed by atoms with Crippen molar-refractivity contribution in [3.05, 3.63) is 29.6 Å². The third kappa shape index (κ3) is 3.73. The summed E-state index contributed by atoms with van der Waals surface area (Å²) in [4.78, 5) is 5.57. The lowest BCUT2D eigenvalue weighted by atomic mass is 10.1. The first-order valence-electron chi connectivity index (χ1n) is 7.18. The molecule has 0 saturated carbocycles. The smallest absolute Gasteiger partial charge is 0.194 e. The van der Waals surface area contributed by atoms with Gasteiger partial charge < -0.3 is 9.73 Å². The van der Waals surface area contributed by atoms with Crippen molar-refractivity contribution < 1.29 is 4.42 Å². The van der Waals surface area contributed by atoms with Crippen LogP contribution >= 0.6 is 22.7 Å². The fourth-order valence-corrected chi connectivity index (χ4v) is 4.19. The van der Waals surface area contributed by atoms with E-state index in [1.165, 1.54) is 14.3 Å². The van der Waals surface area contributed by atoms with Gasteiger partial charge in [-0.15, -0.1) is 22.7 Å². The van der Waals surface area contributed by atoms with Crippen molar-refractivity contribution in [3.8, 4) is 10.6 Å². The summed E-state index contributed by atoms with van der Waals surface area (Å²) in [5.41, 5.74) is 0.171. The average Bonchev–Trinajstić information content (AvgIpc) is 3.07. The molecule has 0 aliphatic heterocycles. The third-order valence-corrected chi connectivity index (χ3v) is 5.27. The molecule has 3 heterocycles. The van der Waals surface area contributed by atoms with Crippen molar-refractivity contribution in [2.45, 2.75) is 39.2 Å². The zero-order chi connectivity index (χ0) is 14.9. The maximum atomic E-state index is 5.88. The Morgan fingerprint density at radius 1 is 1.29 bits per heavy atom. The normalized spacial score (nSPS) is 12.3. The molecule has 3 aromatic heterocycles. The molecule has 0 aliphatic rings. The first-order chi connectivity index (χ1) is 10.0. The highest BCUT2D eigenvalue weighted by Crippen LogP contribution is 2.36. The number of hydrogen-bond donors (Lipinski definition) is 1. The van der Waals surface area contributed by atoms with E-state index >= 15 is 0 Å². The number of oxazole rings is 1. The quantitative estimate of drug-likeness (QED) is 0.677. The van der Waals surface area contributed by atoms with E-state index in [4.69, 9.17) is 4.42 Å². The minimum atomic E-state index is 0.171. The standard InChI is InChI=1S/C16H20N2OS2/c1-16(2,3)18-7-4-5-15-17-10-11(19-15)13-9-14-12(21-13)6-8-20-14/h6,8-10,18H,4-5,7H2,1-3H3. The highest BCUT2D eigenvalue weighted by Gasteiger charge is 2.11. The second-order valence-electron chi connectivity index (χ2n) is 6.16. The zero-order valence-corrected chi connectivity index (χ0v) is 14.2. The van der Waals surface area contributed by atoms with Crippen LogP contribution in [0.25, 0.3) is 20.0 Å². The van der Waals surface area contributed by atoms with Crippen molar-refractivity contribution in [3.63, 3.8) is 0 Å². The average molecular weight is 320 g/mol. The van der Waals surface area contributed by atoms with Crippen LogP contribution in [0.5, 0.6) is 0 Å². The number of aromatic nitrogens is 1. The molecule has 0 saturated heterocycles. The van der Waals surface area contributed by atoms with Gasteiger partial charge >= 0.3 is 0 Å². The number of rotatable bonds is 5. The Kier molecular flexibility index (Phi) is 4.15. The van der Waals surface area contributed by atoms with Crippen molar-refractivity contribution in [1.29, 1.82) is 0 Å². The molecular formula is C16H20N2OS2. The van der Waals surface area contributed by atoms with Crippen molar-refractivity contribution in [2.75, 3.05) is 6.54 Å². The van der Waals surface area contributed by atoms with Crippen LogP contribution in [0, 0.1) is 0 Å². The summed E-state index contributed by atoms with van der Waals surface area (Å²) < 4.78 is 8.52. The van der Waals surface area contributed by atoms with Crippen LogP contribution in [0.4, 0.5) is 0 Å². The minimum absolute atomic E-state index is 0.171. The fraction of sp³-hybridized carbons (Fsp3) is 0.438. The molecule has 112 valence electrons. The molecule has 1 N–H and O–H groups in total. The molecule has 0 amide bonds. The second-order valence-corrected chi connectivity index (χ2v) is 8.19. The molecule has 0 spiro atoms. The van der Waals surface area contributed by atoms with E-state index in [2.05, 4.69) is 48.6 Å². The lowest BCUT2D eigenvalue weighted by molar-refractivity contribution is 0.413. The molecule has 0 aromatic carbocycles. The topological polar surface area (TPSA) is 38.1 Å². The molecule has 0 atom stereocenters. The summed E-state index contributed by atoms with van der Waals surface area (Å²) in [6.45, 7) is 7.52. The van der Waals surface area contributed by atoms with Crippen LogP contribution in [0.2, 0.25) is 0 Å². The highest BCUT2D eigenvalue weighted by molar-refractivity contribution is 7.28. The van der Waals surface area contributed by atoms with E-state index in [1.54, 1.807) is 22.7 Å². The number of fused-ring (bicyclic) bond motifs is 1. The van der Waals surface area contributed by atoms with Crippen LogP contribution in [0.15, 0.2) is 28.1 Å². The van der Waals surface area contributed by atoms with Gasteiger partial charge in [-0.25, -0.2) is 4.98 Å². The first-order valence-corrected chi connectivity index (χ1v) is 8.88. The molecule has 3 nitrogen and oxygen atoms in total. The van der Waals surface area contributed by atoms with Crippen molar-refractivity contribution in [1.82, 2.24) is 10.3 Å². The van der Waals surface area contributed by atoms with Crippen molar-refractivity contribution in [2.24, 2.45) is 0 Å². The third-order valence-electron chi connectivity index (χ3n) is 3.16. The Morgan fingerprint density at radius 3 is 2.90 bits per heavy atom. The predicted molar refractivity (Wildman–Crippen MR) is 91.3 cm³/mol. The Hall–Kier alpha value is -1.17. The van der Waals surface area contributed by atoms with Crippen LogP contribution in [0.1, 0.15) is 33.1 Å². The van der Waals surface area contributed by atoms with Gasteiger partial charge in [0.05, 0.1) is 11.1 Å². The van der Waals surface area contributed by atoms with Gasteiger partial charge in [-0.1, -0.05) is 0 Å². The summed E-state index contributed by atoms with van der Waals surface area (Å²) in [5, 5.41) is 5.60. The molecule has 0 bridgehead atoms. The van der Waals surface area contributed by atoms with E-state index in [0.717, 1.165) is 31.0 Å². The lowest BCUT2D eigenvalue weighted by Gasteiger charge is -2.19. The van der Waals surface area contributed by atoms with Crippen LogP contribution < -0.4 is 5.32 Å². The molecule has 3 aromatic rings. The van der Waals surface area contributed by atoms with Gasteiger partial charge in [0.1, 0.15) is 0 Å². The Morgan fingerprint density at radius 2 is 2.14 bits per heavy atom. The Balaban J connectivity index is 1.60. The molecule has 3 rings (SSSR count). The summed E-state index contributed by atoms with van der Waals surface area (Å²) in [7, 11) is 0. The summed E-state index contributed by atoms with van der Waals surface area (Å²) in [5.74, 6) is 1.72. The van der Waals surface area contributed by atoms with E-state index in [-0.39, 0.29) is 5.54 Å². The molecule has 5 heteroatoms. The van der Waals surface area contributed by atoms with E-state index < -0.39 is 0 Å². The number of aryl methyl sites for hydroxylation is 1. The molecule has 0 unspecified atom stereocenters. The largest absolute Gasteiger partial charge is 0.440 e. The first kappa shape index (κ1) is 14.8. The van der Waals surface area contributed by atoms with Gasteiger partial charge in [0.25, 0.3) is 0 Å². The van der Waals surface area contributed by atoms with E-state index in [1.807, 2.05) is 6.20 Å². The van der Waals surface area contributed by atoms with Crippen LogP contribution in [0.3, 0.4) is 0 Å². The summed E-state index contributed by atoms with van der Waals surface area (Å²) in [6, 6.07) is 4.35. The fourth-order valence-electron chi connectivity index (χ4n) is 2.13. The number of nitrogens with one attached hydrogen (secondary N) is 1. The number of thiophene rings is 2. The van der Waals surface area contributed by atoms with Gasteiger partial charge in [-0.05, 0) is 51.2 Å². The van der Waals surface area contributed by atoms with Crippen molar-refractivity contribution >= 4 is 32.1 Å². The molecule has 21 heavy (non-hydrogen) atoms. The highest BCUT2D eigenvalue weighted by atomic mass is 32.1. The Labute approximate surface area is 133 Å². The Bertz CT molecular complexity index is 689. The summed E-state index contributed by atoms with van der Waals surface area (Å²) in [6.07, 6.45) is 3.77. The van der Waals surface area contributed by atoms with Crippen LogP contribution in [-0.2, 0) is 6.42 Å². The van der Waals surface area contributed by atoms with Gasteiger partial charge in [-0.2, -0.15) is 0 Å². The zero-order valence-electron chi connectivity index (χ0n) is 12.6. The van der Waals surface area contributed by atoms with Crippen LogP contribution in [-0.4, -0.2) is 17.1 Å². The van der Waals surface area contributed by atoms with E-state index in [0.29, 0.717) is 0 Å². The monoisotopic (exact) mass is 320 g/mol. The number of nitrogens with zero attached hydrogens (tertiary/aromatic N) is 1. The molecule has 0 fully saturated rings. The number of hydrogen-bond acceptors (Lipinski definition) is 5. The van der Waals surface area contributed by atoms with Gasteiger partial charge in [0.15, 0.2) is 11.7 Å². The maximum Gasteiger partial charge on any atom is 0.194 e. The molecule has 0 radical (unpaired) electrons. The van der Waals surface area contributed by atoms with E-state index in [9.17, 15) is 0 Å².